The standard InChI is InChI=1S/C18H39N/c1-4-7-9-11-12-13-15-17-18(19-6-3)16-14-10-8-5-2/h18-19H,4-17H2,1-3H3. The molecule has 0 heterocycles. The van der Waals surface area contributed by atoms with Gasteiger partial charge in [0.25, 0.3) is 0 Å². The summed E-state index contributed by atoms with van der Waals surface area (Å²) in [6.07, 6.45) is 18.4. The Labute approximate surface area is 122 Å². The zero-order chi connectivity index (χ0) is 14.2. The van der Waals surface area contributed by atoms with Crippen LogP contribution in [0.15, 0.2) is 0 Å². The maximum absolute atomic E-state index is 3.67. The van der Waals surface area contributed by atoms with Crippen LogP contribution in [0.1, 0.15) is 104 Å². The molecule has 19 heavy (non-hydrogen) atoms. The van der Waals surface area contributed by atoms with Crippen molar-refractivity contribution in [1.29, 1.82) is 0 Å². The van der Waals surface area contributed by atoms with Crippen LogP contribution in [-0.2, 0) is 0 Å². The van der Waals surface area contributed by atoms with Gasteiger partial charge in [0.05, 0.1) is 0 Å². The maximum Gasteiger partial charge on any atom is 0.00669 e. The van der Waals surface area contributed by atoms with Crippen LogP contribution in [0.5, 0.6) is 0 Å². The fourth-order valence-corrected chi connectivity index (χ4v) is 2.80. The third kappa shape index (κ3) is 14.2. The summed E-state index contributed by atoms with van der Waals surface area (Å²) in [5.41, 5.74) is 0. The fourth-order valence-electron chi connectivity index (χ4n) is 2.80. The normalized spacial score (nSPS) is 12.8. The van der Waals surface area contributed by atoms with E-state index < -0.39 is 0 Å². The minimum atomic E-state index is 0.789. The predicted molar refractivity (Wildman–Crippen MR) is 88.8 cm³/mol. The molecule has 0 bridgehead atoms. The summed E-state index contributed by atoms with van der Waals surface area (Å²) in [7, 11) is 0. The van der Waals surface area contributed by atoms with E-state index in [1.807, 2.05) is 0 Å². The molecule has 1 nitrogen and oxygen atoms in total. The second-order valence-corrected chi connectivity index (χ2v) is 6.01. The highest BCUT2D eigenvalue weighted by Crippen LogP contribution is 2.13. The molecule has 1 heteroatoms. The Kier molecular flexibility index (Phi) is 16.0. The van der Waals surface area contributed by atoms with Crippen LogP contribution < -0.4 is 5.32 Å². The van der Waals surface area contributed by atoms with E-state index in [-0.39, 0.29) is 0 Å². The van der Waals surface area contributed by atoms with Gasteiger partial charge in [-0.1, -0.05) is 91.4 Å². The molecule has 0 aromatic heterocycles. The number of rotatable bonds is 15. The van der Waals surface area contributed by atoms with Crippen LogP contribution in [-0.4, -0.2) is 12.6 Å². The molecule has 0 amide bonds. The van der Waals surface area contributed by atoms with Gasteiger partial charge in [0.1, 0.15) is 0 Å². The Morgan fingerprint density at radius 3 is 1.47 bits per heavy atom. The van der Waals surface area contributed by atoms with E-state index >= 15 is 0 Å². The molecule has 0 aromatic rings. The van der Waals surface area contributed by atoms with E-state index in [0.29, 0.717) is 0 Å². The second kappa shape index (κ2) is 16.0. The highest BCUT2D eigenvalue weighted by molar-refractivity contribution is 4.66. The van der Waals surface area contributed by atoms with Gasteiger partial charge in [-0.2, -0.15) is 0 Å². The molecule has 0 aromatic carbocycles. The molecule has 0 rings (SSSR count). The quantitative estimate of drug-likeness (QED) is 0.355. The summed E-state index contributed by atoms with van der Waals surface area (Å²) < 4.78 is 0. The lowest BCUT2D eigenvalue weighted by Gasteiger charge is -2.17. The summed E-state index contributed by atoms with van der Waals surface area (Å²) in [6, 6.07) is 0.789. The molecule has 1 atom stereocenters. The van der Waals surface area contributed by atoms with Gasteiger partial charge in [-0.25, -0.2) is 0 Å². The van der Waals surface area contributed by atoms with Gasteiger partial charge in [0.15, 0.2) is 0 Å². The number of hydrogen-bond donors (Lipinski definition) is 1. The Bertz CT molecular complexity index is 156. The summed E-state index contributed by atoms with van der Waals surface area (Å²) in [6.45, 7) is 7.96. The van der Waals surface area contributed by atoms with Crippen LogP contribution in [0.25, 0.3) is 0 Å². The summed E-state index contributed by atoms with van der Waals surface area (Å²) in [4.78, 5) is 0. The topological polar surface area (TPSA) is 12.0 Å². The van der Waals surface area contributed by atoms with Gasteiger partial charge in [-0.15, -0.1) is 0 Å². The van der Waals surface area contributed by atoms with Crippen LogP contribution in [0.3, 0.4) is 0 Å². The Hall–Kier alpha value is -0.0400. The molecular formula is C18H39N. The van der Waals surface area contributed by atoms with Crippen molar-refractivity contribution in [3.8, 4) is 0 Å². The van der Waals surface area contributed by atoms with Crippen molar-refractivity contribution >= 4 is 0 Å². The minimum Gasteiger partial charge on any atom is -0.314 e. The third-order valence-electron chi connectivity index (χ3n) is 4.06. The van der Waals surface area contributed by atoms with Gasteiger partial charge in [0.2, 0.25) is 0 Å². The van der Waals surface area contributed by atoms with Gasteiger partial charge in [-0.05, 0) is 19.4 Å². The highest BCUT2D eigenvalue weighted by atomic mass is 14.9. The van der Waals surface area contributed by atoms with E-state index in [0.717, 1.165) is 12.6 Å². The molecule has 0 aliphatic heterocycles. The van der Waals surface area contributed by atoms with Gasteiger partial charge < -0.3 is 5.32 Å². The molecule has 0 aliphatic rings. The first kappa shape index (κ1) is 19.0. The largest absolute Gasteiger partial charge is 0.314 e. The molecule has 1 unspecified atom stereocenters. The molecule has 116 valence electrons. The van der Waals surface area contributed by atoms with Crippen LogP contribution in [0.2, 0.25) is 0 Å². The molecule has 0 saturated heterocycles. The van der Waals surface area contributed by atoms with Crippen molar-refractivity contribution < 1.29 is 0 Å². The second-order valence-electron chi connectivity index (χ2n) is 6.01. The SMILES string of the molecule is CCCCCCCCCC(CCCCCC)NCC. The molecule has 1 N–H and O–H groups in total. The van der Waals surface area contributed by atoms with Crippen molar-refractivity contribution in [1.82, 2.24) is 5.32 Å². The van der Waals surface area contributed by atoms with Crippen LogP contribution in [0, 0.1) is 0 Å². The number of hydrogen-bond acceptors (Lipinski definition) is 1. The van der Waals surface area contributed by atoms with E-state index in [1.54, 1.807) is 0 Å². The van der Waals surface area contributed by atoms with Gasteiger partial charge >= 0.3 is 0 Å². The monoisotopic (exact) mass is 269 g/mol. The first-order valence-corrected chi connectivity index (χ1v) is 9.08. The van der Waals surface area contributed by atoms with Gasteiger partial charge in [-0.3, -0.25) is 0 Å². The highest BCUT2D eigenvalue weighted by Gasteiger charge is 2.06. The zero-order valence-corrected chi connectivity index (χ0v) is 14.0. The molecular weight excluding hydrogens is 230 g/mol. The average Bonchev–Trinajstić information content (AvgIpc) is 2.42. The Morgan fingerprint density at radius 1 is 0.579 bits per heavy atom. The first-order chi connectivity index (χ1) is 9.35. The van der Waals surface area contributed by atoms with Gasteiger partial charge in [0, 0.05) is 6.04 Å². The Morgan fingerprint density at radius 2 is 1.00 bits per heavy atom. The summed E-state index contributed by atoms with van der Waals surface area (Å²) in [5.74, 6) is 0. The predicted octanol–water partition coefficient (Wildman–Crippen LogP) is 6.08. The molecule has 0 saturated carbocycles. The smallest absolute Gasteiger partial charge is 0.00669 e. The minimum absolute atomic E-state index is 0.789. The molecule has 0 spiro atoms. The molecule has 0 fully saturated rings. The molecule has 0 aliphatic carbocycles. The van der Waals surface area contributed by atoms with E-state index in [9.17, 15) is 0 Å². The lowest BCUT2D eigenvalue weighted by atomic mass is 10.0. The third-order valence-corrected chi connectivity index (χ3v) is 4.06. The van der Waals surface area contributed by atoms with Crippen molar-refractivity contribution in [2.45, 2.75) is 110 Å². The number of nitrogens with one attached hydrogen (secondary N) is 1. The van der Waals surface area contributed by atoms with E-state index in [1.165, 1.54) is 83.5 Å². The van der Waals surface area contributed by atoms with Crippen molar-refractivity contribution in [3.63, 3.8) is 0 Å². The number of unbranched alkanes of at least 4 members (excludes halogenated alkanes) is 9. The molecule has 0 radical (unpaired) electrons. The lowest BCUT2D eigenvalue weighted by Crippen LogP contribution is -2.28. The first-order valence-electron chi connectivity index (χ1n) is 9.08. The van der Waals surface area contributed by atoms with E-state index in [2.05, 4.69) is 26.1 Å². The summed E-state index contributed by atoms with van der Waals surface area (Å²) >= 11 is 0. The Balaban J connectivity index is 3.42. The average molecular weight is 270 g/mol. The maximum atomic E-state index is 3.67. The van der Waals surface area contributed by atoms with Crippen LogP contribution in [0.4, 0.5) is 0 Å². The van der Waals surface area contributed by atoms with E-state index in [4.69, 9.17) is 0 Å². The van der Waals surface area contributed by atoms with Crippen molar-refractivity contribution in [3.05, 3.63) is 0 Å². The summed E-state index contributed by atoms with van der Waals surface area (Å²) in [5, 5.41) is 3.67. The zero-order valence-electron chi connectivity index (χ0n) is 14.0. The van der Waals surface area contributed by atoms with Crippen molar-refractivity contribution in [2.24, 2.45) is 0 Å². The lowest BCUT2D eigenvalue weighted by molar-refractivity contribution is 0.421. The van der Waals surface area contributed by atoms with Crippen LogP contribution >= 0.6 is 0 Å². The van der Waals surface area contributed by atoms with Crippen molar-refractivity contribution in [2.75, 3.05) is 6.54 Å². The fraction of sp³-hybridized carbons (Fsp3) is 1.00.